The Morgan fingerprint density at radius 2 is 1.06 bits per heavy atom. The maximum atomic E-state index is 2.30. The second-order valence-corrected chi connectivity index (χ2v) is 5.31. The van der Waals surface area contributed by atoms with E-state index in [-0.39, 0.29) is 29.6 Å². The summed E-state index contributed by atoms with van der Waals surface area (Å²) in [5.74, 6) is 1.88. The molecule has 0 aliphatic carbocycles. The Morgan fingerprint density at radius 1 is 0.688 bits per heavy atom. The van der Waals surface area contributed by atoms with Crippen molar-refractivity contribution in [3.05, 3.63) is 34.9 Å². The van der Waals surface area contributed by atoms with Crippen LogP contribution in [0.2, 0.25) is 0 Å². The van der Waals surface area contributed by atoms with Crippen molar-refractivity contribution in [2.45, 2.75) is 59.3 Å². The molecule has 16 heavy (non-hydrogen) atoms. The summed E-state index contributed by atoms with van der Waals surface area (Å²) in [5.41, 5.74) is 4.62. The molecule has 0 saturated carbocycles. The van der Waals surface area contributed by atoms with Gasteiger partial charge in [-0.3, -0.25) is 0 Å². The van der Waals surface area contributed by atoms with Crippen LogP contribution in [-0.4, -0.2) is 29.6 Å². The fourth-order valence-electron chi connectivity index (χ4n) is 2.28. The van der Waals surface area contributed by atoms with E-state index >= 15 is 0 Å². The Hall–Kier alpha value is 0.220. The SMILES string of the molecule is CC(C)c1cccc(C(C)C)c1C(C)C.[NaH]. The molecule has 0 spiro atoms. The van der Waals surface area contributed by atoms with E-state index in [1.807, 2.05) is 0 Å². The third kappa shape index (κ3) is 3.61. The van der Waals surface area contributed by atoms with Crippen molar-refractivity contribution in [2.75, 3.05) is 0 Å². The van der Waals surface area contributed by atoms with Gasteiger partial charge in [-0.15, -0.1) is 0 Å². The van der Waals surface area contributed by atoms with Crippen LogP contribution in [0.5, 0.6) is 0 Å². The van der Waals surface area contributed by atoms with Gasteiger partial charge in [0.15, 0.2) is 0 Å². The Balaban J connectivity index is 0.00000225. The Kier molecular flexibility index (Phi) is 6.93. The summed E-state index contributed by atoms with van der Waals surface area (Å²) >= 11 is 0. The molecule has 0 atom stereocenters. The molecule has 1 aromatic rings. The van der Waals surface area contributed by atoms with Gasteiger partial charge in [-0.25, -0.2) is 0 Å². The van der Waals surface area contributed by atoms with Crippen LogP contribution in [-0.2, 0) is 0 Å². The Bertz CT molecular complexity index is 298. The molecular weight excluding hydrogens is 203 g/mol. The predicted octanol–water partition coefficient (Wildman–Crippen LogP) is 4.41. The molecule has 0 fully saturated rings. The summed E-state index contributed by atoms with van der Waals surface area (Å²) in [6, 6.07) is 6.77. The second kappa shape index (κ2) is 6.83. The number of hydrogen-bond donors (Lipinski definition) is 0. The van der Waals surface area contributed by atoms with Crippen molar-refractivity contribution in [3.63, 3.8) is 0 Å². The summed E-state index contributed by atoms with van der Waals surface area (Å²) in [7, 11) is 0. The minimum absolute atomic E-state index is 0. The van der Waals surface area contributed by atoms with Gasteiger partial charge in [0, 0.05) is 0 Å². The molecule has 0 nitrogen and oxygen atoms in total. The minimum atomic E-state index is 0. The number of benzene rings is 1. The average Bonchev–Trinajstić information content (AvgIpc) is 2.16. The van der Waals surface area contributed by atoms with Gasteiger partial charge in [0.1, 0.15) is 0 Å². The van der Waals surface area contributed by atoms with Crippen LogP contribution in [0.1, 0.15) is 76.0 Å². The fourth-order valence-corrected chi connectivity index (χ4v) is 2.28. The standard InChI is InChI=1S/C15H24.Na.H/c1-10(2)13-8-7-9-14(11(3)4)15(13)12(5)6;;/h7-12H,1-6H3;;. The Morgan fingerprint density at radius 3 is 1.31 bits per heavy atom. The molecule has 86 valence electrons. The molecule has 0 amide bonds. The van der Waals surface area contributed by atoms with E-state index in [0.29, 0.717) is 17.8 Å². The van der Waals surface area contributed by atoms with Crippen molar-refractivity contribution in [1.82, 2.24) is 0 Å². The monoisotopic (exact) mass is 228 g/mol. The molecule has 0 heterocycles. The zero-order valence-corrected chi connectivity index (χ0v) is 11.0. The zero-order valence-electron chi connectivity index (χ0n) is 11.0. The fraction of sp³-hybridized carbons (Fsp3) is 0.600. The van der Waals surface area contributed by atoms with Crippen LogP contribution in [0.3, 0.4) is 0 Å². The van der Waals surface area contributed by atoms with Crippen LogP contribution in [0.25, 0.3) is 0 Å². The van der Waals surface area contributed by atoms with Gasteiger partial charge in [-0.1, -0.05) is 59.7 Å². The van der Waals surface area contributed by atoms with E-state index in [1.54, 1.807) is 5.56 Å². The van der Waals surface area contributed by atoms with E-state index in [9.17, 15) is 0 Å². The number of rotatable bonds is 3. The summed E-state index contributed by atoms with van der Waals surface area (Å²) in [4.78, 5) is 0. The van der Waals surface area contributed by atoms with Crippen molar-refractivity contribution in [3.8, 4) is 0 Å². The molecular formula is C15H25Na. The summed E-state index contributed by atoms with van der Waals surface area (Å²) in [5, 5.41) is 0. The first-order valence-corrected chi connectivity index (χ1v) is 6.07. The van der Waals surface area contributed by atoms with Crippen molar-refractivity contribution < 1.29 is 0 Å². The third-order valence-electron chi connectivity index (χ3n) is 2.99. The van der Waals surface area contributed by atoms with Crippen LogP contribution in [0, 0.1) is 0 Å². The van der Waals surface area contributed by atoms with Crippen LogP contribution >= 0.6 is 0 Å². The predicted molar refractivity (Wildman–Crippen MR) is 75.9 cm³/mol. The Labute approximate surface area is 123 Å². The molecule has 0 radical (unpaired) electrons. The van der Waals surface area contributed by atoms with Gasteiger partial charge in [-0.2, -0.15) is 0 Å². The van der Waals surface area contributed by atoms with Crippen molar-refractivity contribution >= 4 is 29.6 Å². The second-order valence-electron chi connectivity index (χ2n) is 5.31. The summed E-state index contributed by atoms with van der Waals surface area (Å²) in [6.45, 7) is 13.7. The van der Waals surface area contributed by atoms with Crippen molar-refractivity contribution in [2.24, 2.45) is 0 Å². The quantitative estimate of drug-likeness (QED) is 0.672. The molecule has 0 aliphatic rings. The molecule has 0 bridgehead atoms. The van der Waals surface area contributed by atoms with E-state index in [2.05, 4.69) is 59.7 Å². The summed E-state index contributed by atoms with van der Waals surface area (Å²) < 4.78 is 0. The average molecular weight is 228 g/mol. The van der Waals surface area contributed by atoms with E-state index < -0.39 is 0 Å². The summed E-state index contributed by atoms with van der Waals surface area (Å²) in [6.07, 6.45) is 0. The molecule has 0 aliphatic heterocycles. The van der Waals surface area contributed by atoms with Gasteiger partial charge < -0.3 is 0 Å². The molecule has 1 heteroatoms. The zero-order chi connectivity index (χ0) is 11.6. The first-order valence-electron chi connectivity index (χ1n) is 6.07. The van der Waals surface area contributed by atoms with Gasteiger partial charge in [-0.05, 0) is 34.4 Å². The first kappa shape index (κ1) is 16.2. The van der Waals surface area contributed by atoms with Gasteiger partial charge in [0.2, 0.25) is 0 Å². The van der Waals surface area contributed by atoms with Crippen LogP contribution < -0.4 is 0 Å². The maximum absolute atomic E-state index is 2.30. The molecule has 0 N–H and O–H groups in total. The molecule has 0 unspecified atom stereocenters. The van der Waals surface area contributed by atoms with Gasteiger partial charge in [0.05, 0.1) is 0 Å². The normalized spacial score (nSPS) is 11.1. The molecule has 0 saturated heterocycles. The molecule has 0 aromatic heterocycles. The molecule has 1 aromatic carbocycles. The van der Waals surface area contributed by atoms with Crippen molar-refractivity contribution in [1.29, 1.82) is 0 Å². The van der Waals surface area contributed by atoms with E-state index in [0.717, 1.165) is 0 Å². The first-order chi connectivity index (χ1) is 6.95. The third-order valence-corrected chi connectivity index (χ3v) is 2.99. The van der Waals surface area contributed by atoms with Gasteiger partial charge in [0.25, 0.3) is 0 Å². The van der Waals surface area contributed by atoms with Gasteiger partial charge >= 0.3 is 29.6 Å². The topological polar surface area (TPSA) is 0 Å². The van der Waals surface area contributed by atoms with E-state index in [4.69, 9.17) is 0 Å². The van der Waals surface area contributed by atoms with Crippen LogP contribution in [0.4, 0.5) is 0 Å². The van der Waals surface area contributed by atoms with E-state index in [1.165, 1.54) is 11.1 Å². The van der Waals surface area contributed by atoms with Crippen LogP contribution in [0.15, 0.2) is 18.2 Å². The number of hydrogen-bond acceptors (Lipinski definition) is 0. The molecule has 1 rings (SSSR count).